The van der Waals surface area contributed by atoms with E-state index in [0.29, 0.717) is 0 Å². The first-order valence-electron chi connectivity index (χ1n) is 5.63. The van der Waals surface area contributed by atoms with Gasteiger partial charge in [-0.2, -0.15) is 0 Å². The van der Waals surface area contributed by atoms with Crippen LogP contribution in [-0.2, 0) is 25.7 Å². The number of benzene rings is 1. The smallest absolute Gasteiger partial charge is 0.307 e. The summed E-state index contributed by atoms with van der Waals surface area (Å²) >= 11 is 0. The summed E-state index contributed by atoms with van der Waals surface area (Å²) in [5, 5.41) is 17.3. The molecular formula is C13H14O6. The van der Waals surface area contributed by atoms with Crippen LogP contribution in [-0.4, -0.2) is 28.1 Å². The quantitative estimate of drug-likeness (QED) is 0.721. The van der Waals surface area contributed by atoms with Gasteiger partial charge in [-0.25, -0.2) is 0 Å². The van der Waals surface area contributed by atoms with E-state index in [-0.39, 0.29) is 6.61 Å². The number of rotatable bonds is 7. The third kappa shape index (κ3) is 5.67. The molecule has 0 saturated carbocycles. The second-order valence-corrected chi connectivity index (χ2v) is 3.98. The molecule has 0 aliphatic rings. The summed E-state index contributed by atoms with van der Waals surface area (Å²) in [7, 11) is 0. The second-order valence-electron chi connectivity index (χ2n) is 3.98. The number of aliphatic carboxylic acids is 2. The van der Waals surface area contributed by atoms with Crippen LogP contribution in [0.4, 0.5) is 0 Å². The molecule has 19 heavy (non-hydrogen) atoms. The van der Waals surface area contributed by atoms with Crippen LogP contribution in [0.5, 0.6) is 0 Å². The molecule has 0 amide bonds. The van der Waals surface area contributed by atoms with E-state index in [2.05, 4.69) is 0 Å². The Morgan fingerprint density at radius 1 is 1.05 bits per heavy atom. The van der Waals surface area contributed by atoms with Crippen LogP contribution in [0.25, 0.3) is 0 Å². The van der Waals surface area contributed by atoms with E-state index >= 15 is 0 Å². The normalized spacial score (nSPS) is 11.6. The monoisotopic (exact) mass is 266 g/mol. The number of carboxylic acids is 2. The zero-order valence-electron chi connectivity index (χ0n) is 10.1. The van der Waals surface area contributed by atoms with E-state index < -0.39 is 36.7 Å². The fourth-order valence-electron chi connectivity index (χ4n) is 1.46. The molecule has 1 aromatic rings. The standard InChI is InChI=1S/C13H14O6/c14-11(15)6-10(13(17)18)7-12(16)19-8-9-4-2-1-3-5-9/h1-5,10H,6-8H2,(H,14,15)(H,17,18). The lowest BCUT2D eigenvalue weighted by Crippen LogP contribution is -2.22. The maximum Gasteiger partial charge on any atom is 0.307 e. The Labute approximate surface area is 109 Å². The molecule has 1 unspecified atom stereocenters. The van der Waals surface area contributed by atoms with Gasteiger partial charge in [0.1, 0.15) is 6.61 Å². The Balaban J connectivity index is 2.45. The zero-order chi connectivity index (χ0) is 14.3. The van der Waals surface area contributed by atoms with Crippen molar-refractivity contribution in [3.8, 4) is 0 Å². The number of carboxylic acid groups (broad SMARTS) is 2. The summed E-state index contributed by atoms with van der Waals surface area (Å²) < 4.78 is 4.90. The van der Waals surface area contributed by atoms with Crippen molar-refractivity contribution in [1.82, 2.24) is 0 Å². The predicted octanol–water partition coefficient (Wildman–Crippen LogP) is 1.30. The van der Waals surface area contributed by atoms with Crippen LogP contribution in [0.15, 0.2) is 30.3 Å². The highest BCUT2D eigenvalue weighted by Gasteiger charge is 2.24. The minimum atomic E-state index is -1.32. The lowest BCUT2D eigenvalue weighted by atomic mass is 10.0. The van der Waals surface area contributed by atoms with Gasteiger partial charge in [0.05, 0.1) is 18.8 Å². The Morgan fingerprint density at radius 3 is 2.21 bits per heavy atom. The zero-order valence-corrected chi connectivity index (χ0v) is 10.1. The number of ether oxygens (including phenoxy) is 1. The molecule has 6 nitrogen and oxygen atoms in total. The van der Waals surface area contributed by atoms with E-state index in [1.165, 1.54) is 0 Å². The Hall–Kier alpha value is -2.37. The summed E-state index contributed by atoms with van der Waals surface area (Å²) in [5.74, 6) is -4.57. The van der Waals surface area contributed by atoms with Crippen LogP contribution in [0.3, 0.4) is 0 Å². The van der Waals surface area contributed by atoms with E-state index in [1.54, 1.807) is 24.3 Å². The molecule has 0 heterocycles. The first-order valence-corrected chi connectivity index (χ1v) is 5.63. The van der Waals surface area contributed by atoms with Gasteiger partial charge in [-0.05, 0) is 5.56 Å². The molecule has 0 fully saturated rings. The highest BCUT2D eigenvalue weighted by Crippen LogP contribution is 2.11. The predicted molar refractivity (Wildman–Crippen MR) is 64.2 cm³/mol. The Kier molecular flexibility index (Phi) is 5.53. The number of hydrogen-bond donors (Lipinski definition) is 2. The van der Waals surface area contributed by atoms with Crippen molar-refractivity contribution in [2.24, 2.45) is 5.92 Å². The van der Waals surface area contributed by atoms with Gasteiger partial charge in [0.2, 0.25) is 0 Å². The fourth-order valence-corrected chi connectivity index (χ4v) is 1.46. The van der Waals surface area contributed by atoms with Crippen molar-refractivity contribution >= 4 is 17.9 Å². The molecule has 0 radical (unpaired) electrons. The molecule has 0 spiro atoms. The summed E-state index contributed by atoms with van der Waals surface area (Å²) in [4.78, 5) is 32.7. The lowest BCUT2D eigenvalue weighted by Gasteiger charge is -2.09. The molecule has 6 heteroatoms. The van der Waals surface area contributed by atoms with Gasteiger partial charge < -0.3 is 14.9 Å². The summed E-state index contributed by atoms with van der Waals surface area (Å²) in [5.41, 5.74) is 0.779. The molecule has 0 aromatic heterocycles. The first-order chi connectivity index (χ1) is 8.99. The van der Waals surface area contributed by atoms with Gasteiger partial charge in [0.15, 0.2) is 0 Å². The highest BCUT2D eigenvalue weighted by atomic mass is 16.5. The number of hydrogen-bond acceptors (Lipinski definition) is 4. The summed E-state index contributed by atoms with van der Waals surface area (Å²) in [6.45, 7) is 0.0408. The minimum absolute atomic E-state index is 0.0408. The molecule has 1 atom stereocenters. The van der Waals surface area contributed by atoms with Gasteiger partial charge in [0.25, 0.3) is 0 Å². The maximum absolute atomic E-state index is 11.4. The van der Waals surface area contributed by atoms with Gasteiger partial charge >= 0.3 is 17.9 Å². The van der Waals surface area contributed by atoms with Crippen molar-refractivity contribution in [2.75, 3.05) is 0 Å². The van der Waals surface area contributed by atoms with Gasteiger partial charge in [0, 0.05) is 0 Å². The third-order valence-corrected chi connectivity index (χ3v) is 2.43. The molecule has 102 valence electrons. The molecule has 1 rings (SSSR count). The van der Waals surface area contributed by atoms with Crippen molar-refractivity contribution in [3.63, 3.8) is 0 Å². The third-order valence-electron chi connectivity index (χ3n) is 2.43. The van der Waals surface area contributed by atoms with Crippen molar-refractivity contribution in [2.45, 2.75) is 19.4 Å². The number of carbonyl (C=O) groups is 3. The van der Waals surface area contributed by atoms with Crippen molar-refractivity contribution < 1.29 is 29.3 Å². The van der Waals surface area contributed by atoms with E-state index in [0.717, 1.165) is 5.56 Å². The second kappa shape index (κ2) is 7.15. The average molecular weight is 266 g/mol. The summed E-state index contributed by atoms with van der Waals surface area (Å²) in [6.07, 6.45) is -1.05. The maximum atomic E-state index is 11.4. The van der Waals surface area contributed by atoms with Gasteiger partial charge in [-0.1, -0.05) is 30.3 Å². The van der Waals surface area contributed by atoms with Crippen molar-refractivity contribution in [1.29, 1.82) is 0 Å². The van der Waals surface area contributed by atoms with Crippen LogP contribution < -0.4 is 0 Å². The number of esters is 1. The van der Waals surface area contributed by atoms with Crippen LogP contribution in [0.1, 0.15) is 18.4 Å². The van der Waals surface area contributed by atoms with Crippen molar-refractivity contribution in [3.05, 3.63) is 35.9 Å². The molecule has 0 aliphatic carbocycles. The molecule has 2 N–H and O–H groups in total. The Bertz CT molecular complexity index is 453. The highest BCUT2D eigenvalue weighted by molar-refractivity contribution is 5.82. The van der Waals surface area contributed by atoms with Gasteiger partial charge in [-0.15, -0.1) is 0 Å². The Morgan fingerprint density at radius 2 is 1.68 bits per heavy atom. The molecule has 1 aromatic carbocycles. The SMILES string of the molecule is O=C(O)CC(CC(=O)OCc1ccccc1)C(=O)O. The van der Waals surface area contributed by atoms with E-state index in [1.807, 2.05) is 6.07 Å². The van der Waals surface area contributed by atoms with Crippen LogP contribution >= 0.6 is 0 Å². The summed E-state index contributed by atoms with van der Waals surface area (Å²) in [6, 6.07) is 8.92. The molecule has 0 saturated heterocycles. The number of carbonyl (C=O) groups excluding carboxylic acids is 1. The fraction of sp³-hybridized carbons (Fsp3) is 0.308. The largest absolute Gasteiger partial charge is 0.481 e. The minimum Gasteiger partial charge on any atom is -0.481 e. The average Bonchev–Trinajstić information content (AvgIpc) is 2.36. The van der Waals surface area contributed by atoms with E-state index in [4.69, 9.17) is 14.9 Å². The van der Waals surface area contributed by atoms with Crippen LogP contribution in [0.2, 0.25) is 0 Å². The van der Waals surface area contributed by atoms with Gasteiger partial charge in [-0.3, -0.25) is 14.4 Å². The molecule has 0 aliphatic heterocycles. The van der Waals surface area contributed by atoms with Crippen LogP contribution in [0, 0.1) is 5.92 Å². The van der Waals surface area contributed by atoms with E-state index in [9.17, 15) is 14.4 Å². The molecule has 0 bridgehead atoms. The lowest BCUT2D eigenvalue weighted by molar-refractivity contribution is -0.155. The molecular weight excluding hydrogens is 252 g/mol. The topological polar surface area (TPSA) is 101 Å². The first kappa shape index (κ1) is 14.7.